The number of aliphatic hydroxyl groups excluding tert-OH is 1. The third-order valence-corrected chi connectivity index (χ3v) is 2.64. The molecule has 0 spiro atoms. The average molecular weight is 224 g/mol. The first-order chi connectivity index (χ1) is 7.86. The van der Waals surface area contributed by atoms with Crippen LogP contribution < -0.4 is 5.32 Å². The summed E-state index contributed by atoms with van der Waals surface area (Å²) in [7, 11) is 0. The second kappa shape index (κ2) is 8.36. The fraction of sp³-hybridized carbons (Fsp3) is 0.692. The molecule has 1 aromatic rings. The largest absolute Gasteiger partial charge is 0.396 e. The van der Waals surface area contributed by atoms with Crippen LogP contribution >= 0.6 is 0 Å². The molecule has 0 aliphatic carbocycles. The molecule has 3 nitrogen and oxygen atoms in total. The summed E-state index contributed by atoms with van der Waals surface area (Å²) in [6.45, 7) is 5.62. The Morgan fingerprint density at radius 2 is 2.19 bits per heavy atom. The minimum atomic E-state index is 0.317. The normalized spacial score (nSPS) is 10.9. The highest BCUT2D eigenvalue weighted by atomic mass is 16.2. The highest BCUT2D eigenvalue weighted by Crippen LogP contribution is 2.04. The predicted molar refractivity (Wildman–Crippen MR) is 67.4 cm³/mol. The molecule has 16 heavy (non-hydrogen) atoms. The van der Waals surface area contributed by atoms with Crippen LogP contribution in [0, 0.1) is 0 Å². The van der Waals surface area contributed by atoms with Gasteiger partial charge in [-0.2, -0.15) is 0 Å². The predicted octanol–water partition coefficient (Wildman–Crippen LogP) is 2.15. The van der Waals surface area contributed by atoms with Gasteiger partial charge in [0.25, 0.3) is 0 Å². The van der Waals surface area contributed by atoms with Crippen molar-refractivity contribution in [2.45, 2.75) is 45.7 Å². The third kappa shape index (κ3) is 5.33. The molecule has 1 aromatic heterocycles. The number of nitrogens with zero attached hydrogens (tertiary/aromatic N) is 1. The van der Waals surface area contributed by atoms with E-state index >= 15 is 0 Å². The molecule has 1 rings (SSSR count). The van der Waals surface area contributed by atoms with Crippen molar-refractivity contribution in [3.05, 3.63) is 24.0 Å². The lowest BCUT2D eigenvalue weighted by Crippen LogP contribution is -2.13. The Balaban J connectivity index is 2.17. The molecule has 0 bridgehead atoms. The summed E-state index contributed by atoms with van der Waals surface area (Å²) in [4.78, 5) is 0. The van der Waals surface area contributed by atoms with Crippen molar-refractivity contribution in [3.8, 4) is 0 Å². The van der Waals surface area contributed by atoms with Crippen molar-refractivity contribution in [1.29, 1.82) is 0 Å². The third-order valence-electron chi connectivity index (χ3n) is 2.64. The van der Waals surface area contributed by atoms with Crippen LogP contribution in [-0.2, 0) is 13.1 Å². The van der Waals surface area contributed by atoms with Crippen LogP contribution in [0.5, 0.6) is 0 Å². The Labute approximate surface area is 98.5 Å². The van der Waals surface area contributed by atoms with Crippen molar-refractivity contribution in [3.63, 3.8) is 0 Å². The van der Waals surface area contributed by atoms with Crippen molar-refractivity contribution < 1.29 is 5.11 Å². The first kappa shape index (κ1) is 13.3. The van der Waals surface area contributed by atoms with Gasteiger partial charge in [-0.05, 0) is 43.9 Å². The highest BCUT2D eigenvalue weighted by molar-refractivity contribution is 5.09. The van der Waals surface area contributed by atoms with Crippen LogP contribution in [0.25, 0.3) is 0 Å². The van der Waals surface area contributed by atoms with Crippen LogP contribution in [0.1, 0.15) is 38.2 Å². The van der Waals surface area contributed by atoms with Crippen LogP contribution in [0.2, 0.25) is 0 Å². The molecule has 0 aliphatic heterocycles. The van der Waals surface area contributed by atoms with E-state index in [1.54, 1.807) is 0 Å². The van der Waals surface area contributed by atoms with E-state index in [9.17, 15) is 0 Å². The average Bonchev–Trinajstić information content (AvgIpc) is 2.73. The van der Waals surface area contributed by atoms with E-state index in [0.717, 1.165) is 38.9 Å². The zero-order valence-corrected chi connectivity index (χ0v) is 10.3. The summed E-state index contributed by atoms with van der Waals surface area (Å²) in [5.41, 5.74) is 1.36. The van der Waals surface area contributed by atoms with Gasteiger partial charge in [-0.1, -0.05) is 6.92 Å². The van der Waals surface area contributed by atoms with E-state index in [4.69, 9.17) is 5.11 Å². The zero-order chi connectivity index (χ0) is 11.6. The SMILES string of the molecule is CCCNCc1ccn(CCCCCO)c1. The first-order valence-corrected chi connectivity index (χ1v) is 6.33. The fourth-order valence-corrected chi connectivity index (χ4v) is 1.73. The lowest BCUT2D eigenvalue weighted by Gasteiger charge is -2.02. The van der Waals surface area contributed by atoms with Crippen molar-refractivity contribution in [2.75, 3.05) is 13.2 Å². The quantitative estimate of drug-likeness (QED) is 0.631. The van der Waals surface area contributed by atoms with E-state index in [0.29, 0.717) is 6.61 Å². The van der Waals surface area contributed by atoms with Gasteiger partial charge in [0.2, 0.25) is 0 Å². The minimum Gasteiger partial charge on any atom is -0.396 e. The molecule has 3 heteroatoms. The molecular weight excluding hydrogens is 200 g/mol. The van der Waals surface area contributed by atoms with Crippen LogP contribution in [0.4, 0.5) is 0 Å². The van der Waals surface area contributed by atoms with Crippen molar-refractivity contribution in [1.82, 2.24) is 9.88 Å². The van der Waals surface area contributed by atoms with Crippen LogP contribution in [-0.4, -0.2) is 22.8 Å². The number of hydrogen-bond donors (Lipinski definition) is 2. The maximum atomic E-state index is 8.67. The van der Waals surface area contributed by atoms with Gasteiger partial charge >= 0.3 is 0 Å². The Hall–Kier alpha value is -0.800. The Kier molecular flexibility index (Phi) is 6.93. The standard InChI is InChI=1S/C13H24N2O/c1-2-7-14-11-13-6-9-15(12-13)8-4-3-5-10-16/h6,9,12,14,16H,2-5,7-8,10-11H2,1H3. The number of aliphatic hydroxyl groups is 1. The van der Waals surface area contributed by atoms with Gasteiger partial charge in [0.1, 0.15) is 0 Å². The lowest BCUT2D eigenvalue weighted by atomic mass is 10.2. The van der Waals surface area contributed by atoms with Gasteiger partial charge in [-0.25, -0.2) is 0 Å². The first-order valence-electron chi connectivity index (χ1n) is 6.33. The maximum Gasteiger partial charge on any atom is 0.0431 e. The zero-order valence-electron chi connectivity index (χ0n) is 10.3. The molecule has 0 amide bonds. The molecule has 92 valence electrons. The number of hydrogen-bond acceptors (Lipinski definition) is 2. The van der Waals surface area contributed by atoms with E-state index in [1.165, 1.54) is 12.0 Å². The van der Waals surface area contributed by atoms with E-state index in [1.807, 2.05) is 0 Å². The van der Waals surface area contributed by atoms with Gasteiger partial charge in [0.05, 0.1) is 0 Å². The summed E-state index contributed by atoms with van der Waals surface area (Å²) in [6.07, 6.45) is 8.72. The number of aromatic nitrogens is 1. The number of unbranched alkanes of at least 4 members (excludes halogenated alkanes) is 2. The Bertz CT molecular complexity index is 271. The Morgan fingerprint density at radius 1 is 1.31 bits per heavy atom. The molecule has 1 heterocycles. The van der Waals surface area contributed by atoms with Gasteiger partial charge in [-0.15, -0.1) is 0 Å². The molecule has 0 aliphatic rings. The summed E-state index contributed by atoms with van der Waals surface area (Å²) in [5.74, 6) is 0. The van der Waals surface area contributed by atoms with Gasteiger partial charge in [-0.3, -0.25) is 0 Å². The smallest absolute Gasteiger partial charge is 0.0431 e. The molecule has 0 saturated heterocycles. The highest BCUT2D eigenvalue weighted by Gasteiger charge is 1.96. The van der Waals surface area contributed by atoms with Gasteiger partial charge < -0.3 is 15.0 Å². The molecule has 0 atom stereocenters. The van der Waals surface area contributed by atoms with Crippen LogP contribution in [0.3, 0.4) is 0 Å². The lowest BCUT2D eigenvalue weighted by molar-refractivity contribution is 0.282. The van der Waals surface area contributed by atoms with Gasteiger partial charge in [0, 0.05) is 32.1 Å². The Morgan fingerprint density at radius 3 is 2.94 bits per heavy atom. The topological polar surface area (TPSA) is 37.2 Å². The van der Waals surface area contributed by atoms with E-state index < -0.39 is 0 Å². The number of nitrogens with one attached hydrogen (secondary N) is 1. The molecule has 0 saturated carbocycles. The molecule has 0 aromatic carbocycles. The van der Waals surface area contributed by atoms with Crippen molar-refractivity contribution >= 4 is 0 Å². The molecule has 0 radical (unpaired) electrons. The fourth-order valence-electron chi connectivity index (χ4n) is 1.73. The summed E-state index contributed by atoms with van der Waals surface area (Å²) in [6, 6.07) is 2.18. The molecule has 2 N–H and O–H groups in total. The van der Waals surface area contributed by atoms with Gasteiger partial charge in [0.15, 0.2) is 0 Å². The monoisotopic (exact) mass is 224 g/mol. The molecule has 0 fully saturated rings. The number of rotatable bonds is 9. The second-order valence-corrected chi connectivity index (χ2v) is 4.22. The molecule has 0 unspecified atom stereocenters. The minimum absolute atomic E-state index is 0.317. The van der Waals surface area contributed by atoms with E-state index in [2.05, 4.69) is 35.3 Å². The second-order valence-electron chi connectivity index (χ2n) is 4.22. The summed E-state index contributed by atoms with van der Waals surface area (Å²) in [5, 5.41) is 12.1. The van der Waals surface area contributed by atoms with E-state index in [-0.39, 0.29) is 0 Å². The summed E-state index contributed by atoms with van der Waals surface area (Å²) >= 11 is 0. The van der Waals surface area contributed by atoms with Crippen molar-refractivity contribution in [2.24, 2.45) is 0 Å². The molecular formula is C13H24N2O. The summed E-state index contributed by atoms with van der Waals surface area (Å²) < 4.78 is 2.24. The number of aryl methyl sites for hydroxylation is 1. The maximum absolute atomic E-state index is 8.67. The van der Waals surface area contributed by atoms with Crippen LogP contribution in [0.15, 0.2) is 18.5 Å².